The van der Waals surface area contributed by atoms with E-state index in [-0.39, 0.29) is 43.6 Å². The van der Waals surface area contributed by atoms with Crippen molar-refractivity contribution in [1.29, 1.82) is 0 Å². The molecule has 1 saturated heterocycles. The molecule has 1 aromatic heterocycles. The van der Waals surface area contributed by atoms with Gasteiger partial charge in [0.1, 0.15) is 18.4 Å². The Morgan fingerprint density at radius 2 is 1.73 bits per heavy atom. The van der Waals surface area contributed by atoms with E-state index in [9.17, 15) is 14.4 Å². The summed E-state index contributed by atoms with van der Waals surface area (Å²) in [5.41, 5.74) is 2.99. The van der Waals surface area contributed by atoms with Crippen LogP contribution in [0.1, 0.15) is 23.2 Å². The van der Waals surface area contributed by atoms with Crippen molar-refractivity contribution in [3.63, 3.8) is 0 Å². The third-order valence-electron chi connectivity index (χ3n) is 6.51. The lowest BCUT2D eigenvalue weighted by molar-refractivity contribution is -0.678. The van der Waals surface area contributed by atoms with Gasteiger partial charge in [-0.1, -0.05) is 54.6 Å². The van der Waals surface area contributed by atoms with E-state index in [2.05, 4.69) is 10.6 Å². The number of morpholine rings is 1. The molecular weight excluding hydrogens is 512 g/mol. The largest absolute Gasteiger partial charge is 0.497 e. The van der Waals surface area contributed by atoms with Crippen molar-refractivity contribution in [1.82, 2.24) is 10.2 Å². The summed E-state index contributed by atoms with van der Waals surface area (Å²) in [7, 11) is 1.56. The van der Waals surface area contributed by atoms with E-state index in [1.54, 1.807) is 31.4 Å². The standard InChI is InChI=1S/C30H28N4O6/c1-38-25-15-13-24(14-16-25)34-26(30(37)40-32-34)20-33-17-18-39-27(29(33)36)19-28(35)31-23-11-9-22(10-12-23)8-7-21-5-3-2-4-6-21/h2-16,27H,17-20H2,1H3,(H-,31,32,35,37)/p+1/b8-7+. The van der Waals surface area contributed by atoms with Crippen molar-refractivity contribution < 1.29 is 28.3 Å². The Labute approximate surface area is 230 Å². The van der Waals surface area contributed by atoms with Crippen molar-refractivity contribution in [3.8, 4) is 11.4 Å². The second-order valence-corrected chi connectivity index (χ2v) is 9.20. The minimum Gasteiger partial charge on any atom is -0.497 e. The van der Waals surface area contributed by atoms with Crippen LogP contribution in [-0.4, -0.2) is 48.4 Å². The van der Waals surface area contributed by atoms with Gasteiger partial charge in [0.25, 0.3) is 5.91 Å². The first kappa shape index (κ1) is 26.6. The minimum atomic E-state index is -0.956. The summed E-state index contributed by atoms with van der Waals surface area (Å²) < 4.78 is 17.3. The fourth-order valence-corrected chi connectivity index (χ4v) is 4.36. The lowest BCUT2D eigenvalue weighted by Gasteiger charge is -2.30. The van der Waals surface area contributed by atoms with Gasteiger partial charge in [0.2, 0.25) is 11.6 Å². The summed E-state index contributed by atoms with van der Waals surface area (Å²) in [5.74, 6) is -0.0519. The molecule has 10 heteroatoms. The number of rotatable bonds is 9. The van der Waals surface area contributed by atoms with Crippen LogP contribution in [0.25, 0.3) is 17.8 Å². The number of amides is 2. The molecular formula is C30H29N4O6+. The van der Waals surface area contributed by atoms with E-state index < -0.39 is 11.7 Å². The Hall–Kier alpha value is -4.96. The second kappa shape index (κ2) is 12.3. The van der Waals surface area contributed by atoms with E-state index >= 15 is 0 Å². The number of ether oxygens (including phenoxy) is 2. The lowest BCUT2D eigenvalue weighted by atomic mass is 10.1. The molecule has 1 aliphatic rings. The molecule has 1 fully saturated rings. The van der Waals surface area contributed by atoms with E-state index in [0.29, 0.717) is 17.1 Å². The van der Waals surface area contributed by atoms with Crippen molar-refractivity contribution in [2.45, 2.75) is 19.1 Å². The zero-order chi connectivity index (χ0) is 27.9. The number of aromatic amines is 1. The Morgan fingerprint density at radius 1 is 1.02 bits per heavy atom. The average Bonchev–Trinajstić information content (AvgIpc) is 3.35. The van der Waals surface area contributed by atoms with Crippen molar-refractivity contribution >= 4 is 29.7 Å². The fraction of sp³-hybridized carbons (Fsp3) is 0.200. The third kappa shape index (κ3) is 6.36. The van der Waals surface area contributed by atoms with E-state index in [4.69, 9.17) is 14.0 Å². The van der Waals surface area contributed by atoms with Crippen LogP contribution in [0, 0.1) is 0 Å². The maximum atomic E-state index is 13.2. The van der Waals surface area contributed by atoms with Crippen molar-refractivity contribution in [2.24, 2.45) is 0 Å². The molecule has 1 unspecified atom stereocenters. The number of carbonyl (C=O) groups is 2. The maximum Gasteiger partial charge on any atom is 0.432 e. The first-order valence-corrected chi connectivity index (χ1v) is 12.8. The van der Waals surface area contributed by atoms with E-state index in [1.165, 1.54) is 9.58 Å². The van der Waals surface area contributed by atoms with Crippen LogP contribution >= 0.6 is 0 Å². The monoisotopic (exact) mass is 541 g/mol. The smallest absolute Gasteiger partial charge is 0.432 e. The summed E-state index contributed by atoms with van der Waals surface area (Å²) in [4.78, 5) is 39.8. The number of anilines is 1. The first-order valence-electron chi connectivity index (χ1n) is 12.8. The lowest BCUT2D eigenvalue weighted by Crippen LogP contribution is -2.51. The summed E-state index contributed by atoms with van der Waals surface area (Å²) in [6.07, 6.45) is 2.90. The highest BCUT2D eigenvalue weighted by Crippen LogP contribution is 2.17. The fourth-order valence-electron chi connectivity index (χ4n) is 4.36. The normalized spacial score (nSPS) is 15.4. The first-order chi connectivity index (χ1) is 19.5. The van der Waals surface area contributed by atoms with Gasteiger partial charge in [-0.15, -0.1) is 0 Å². The number of hydrogen-bond donors (Lipinski definition) is 2. The van der Waals surface area contributed by atoms with E-state index in [1.807, 2.05) is 66.7 Å². The molecule has 40 heavy (non-hydrogen) atoms. The second-order valence-electron chi connectivity index (χ2n) is 9.20. The number of aromatic nitrogens is 2. The van der Waals surface area contributed by atoms with Gasteiger partial charge in [-0.2, -0.15) is 0 Å². The summed E-state index contributed by atoms with van der Waals surface area (Å²) in [6.45, 7) is 0.517. The Morgan fingerprint density at radius 3 is 2.42 bits per heavy atom. The number of carbonyl (C=O) groups excluding carboxylic acids is 2. The predicted molar refractivity (Wildman–Crippen MR) is 148 cm³/mol. The van der Waals surface area contributed by atoms with Gasteiger partial charge in [-0.3, -0.25) is 14.1 Å². The predicted octanol–water partition coefficient (Wildman–Crippen LogP) is 3.18. The molecule has 2 N–H and O–H groups in total. The Bertz CT molecular complexity index is 1540. The highest BCUT2D eigenvalue weighted by atomic mass is 16.5. The van der Waals surface area contributed by atoms with Gasteiger partial charge in [-0.05, 0) is 45.3 Å². The molecule has 1 aliphatic heterocycles. The van der Waals surface area contributed by atoms with Gasteiger partial charge in [0.15, 0.2) is 0 Å². The molecule has 0 aliphatic carbocycles. The summed E-state index contributed by atoms with van der Waals surface area (Å²) >= 11 is 0. The molecule has 10 nitrogen and oxygen atoms in total. The molecule has 204 valence electrons. The van der Waals surface area contributed by atoms with Crippen LogP contribution in [0.4, 0.5) is 5.69 Å². The minimum absolute atomic E-state index is 0.00383. The zero-order valence-electron chi connectivity index (χ0n) is 21.9. The highest BCUT2D eigenvalue weighted by Gasteiger charge is 2.35. The molecule has 0 saturated carbocycles. The SMILES string of the molecule is COc1ccc(-[n+]2[nH]oc(=O)c2CN2CCOC(CC(=O)Nc3ccc(/C=C/c4ccccc4)cc3)C2=O)cc1. The third-order valence-corrected chi connectivity index (χ3v) is 6.51. The Kier molecular flexibility index (Phi) is 8.17. The number of nitrogens with zero attached hydrogens (tertiary/aromatic N) is 2. The average molecular weight is 542 g/mol. The van der Waals surface area contributed by atoms with Gasteiger partial charge >= 0.3 is 11.3 Å². The number of nitrogens with one attached hydrogen (secondary N) is 2. The number of methoxy groups -OCH3 is 1. The quantitative estimate of drug-likeness (QED) is 0.248. The Balaban J connectivity index is 1.19. The molecule has 0 bridgehead atoms. The van der Waals surface area contributed by atoms with Crippen LogP contribution in [0.3, 0.4) is 0 Å². The number of hydrogen-bond acceptors (Lipinski definition) is 6. The van der Waals surface area contributed by atoms with Gasteiger partial charge in [0.05, 0.1) is 20.1 Å². The van der Waals surface area contributed by atoms with Crippen LogP contribution in [-0.2, 0) is 20.9 Å². The van der Waals surface area contributed by atoms with Crippen LogP contribution < -0.4 is 20.4 Å². The van der Waals surface area contributed by atoms with Crippen LogP contribution in [0.5, 0.6) is 5.75 Å². The van der Waals surface area contributed by atoms with Crippen LogP contribution in [0.15, 0.2) is 88.2 Å². The maximum absolute atomic E-state index is 13.2. The van der Waals surface area contributed by atoms with Gasteiger partial charge in [-0.25, -0.2) is 4.79 Å². The molecule has 4 aromatic rings. The van der Waals surface area contributed by atoms with Crippen molar-refractivity contribution in [2.75, 3.05) is 25.6 Å². The number of benzene rings is 3. The molecule has 0 radical (unpaired) electrons. The topological polar surface area (TPSA) is 118 Å². The molecule has 5 rings (SSSR count). The highest BCUT2D eigenvalue weighted by molar-refractivity contribution is 5.95. The molecule has 3 aromatic carbocycles. The molecule has 0 spiro atoms. The zero-order valence-corrected chi connectivity index (χ0v) is 21.9. The molecule has 1 atom stereocenters. The summed E-state index contributed by atoms with van der Waals surface area (Å²) in [5, 5.41) is 5.40. The van der Waals surface area contributed by atoms with Gasteiger partial charge < -0.3 is 19.7 Å². The van der Waals surface area contributed by atoms with Crippen molar-refractivity contribution in [3.05, 3.63) is 106 Å². The van der Waals surface area contributed by atoms with Gasteiger partial charge in [0, 0.05) is 24.4 Å². The molecule has 2 heterocycles. The molecule has 2 amide bonds. The van der Waals surface area contributed by atoms with E-state index in [0.717, 1.165) is 11.1 Å². The summed E-state index contributed by atoms with van der Waals surface area (Å²) in [6, 6.07) is 24.4. The number of H-pyrrole nitrogens is 1. The van der Waals surface area contributed by atoms with Crippen LogP contribution in [0.2, 0.25) is 0 Å².